The van der Waals surface area contributed by atoms with Crippen molar-refractivity contribution in [2.24, 2.45) is 17.3 Å². The van der Waals surface area contributed by atoms with E-state index in [-0.39, 0.29) is 5.78 Å². The summed E-state index contributed by atoms with van der Waals surface area (Å²) in [5.74, 6) is 0.897. The molecule has 0 rings (SSSR count). The molecule has 340 valence electrons. The van der Waals surface area contributed by atoms with Gasteiger partial charge in [0.2, 0.25) is 0 Å². The predicted molar refractivity (Wildman–Crippen MR) is 254 cm³/mol. The molecule has 3 nitrogen and oxygen atoms in total. The Kier molecular flexibility index (Phi) is 42.6. The highest BCUT2D eigenvalue weighted by Crippen LogP contribution is 2.36. The molecule has 0 fully saturated rings. The number of hydrogen-bond acceptors (Lipinski definition) is 2. The zero-order chi connectivity index (χ0) is 41.9. The Balaban J connectivity index is 4.48. The van der Waals surface area contributed by atoms with Crippen molar-refractivity contribution >= 4 is 11.8 Å². The molecule has 0 aliphatic rings. The molecule has 0 aliphatic carbocycles. The van der Waals surface area contributed by atoms with Crippen LogP contribution < -0.4 is 0 Å². The van der Waals surface area contributed by atoms with Crippen molar-refractivity contribution in [2.75, 3.05) is 0 Å². The number of carbonyl (C=O) groups excluding carboxylic acids is 1. The van der Waals surface area contributed by atoms with Crippen LogP contribution >= 0.6 is 0 Å². The first-order valence-electron chi connectivity index (χ1n) is 26.5. The van der Waals surface area contributed by atoms with Gasteiger partial charge in [0.05, 0.1) is 0 Å². The molecule has 0 radical (unpaired) electrons. The quantitative estimate of drug-likeness (QED) is 0.0492. The first kappa shape index (κ1) is 56.1. The summed E-state index contributed by atoms with van der Waals surface area (Å²) in [6.07, 6.45) is 54.5. The normalized spacial score (nSPS) is 12.9. The average molecular weight is 803 g/mol. The molecule has 0 saturated heterocycles. The van der Waals surface area contributed by atoms with Crippen molar-refractivity contribution in [2.45, 2.75) is 317 Å². The second-order valence-electron chi connectivity index (χ2n) is 19.9. The lowest BCUT2D eigenvalue weighted by molar-refractivity contribution is -0.156. The Labute approximate surface area is 359 Å². The molecular weight excluding hydrogens is 697 g/mol. The number of hydrogen-bond donors (Lipinski definition) is 1. The highest BCUT2D eigenvalue weighted by atomic mass is 16.4. The fraction of sp³-hybridized carbons (Fsp3) is 0.963. The smallest absolute Gasteiger partial charge is 0.317 e. The SMILES string of the molecule is CCCCCCCCCCCCCCCCC(CCCCCCCCCCCCCCCC(C)C)(C(=O)O)C(=O)CCCCCCCCCCCCCCC(C)C. The van der Waals surface area contributed by atoms with Crippen LogP contribution in [-0.2, 0) is 9.59 Å². The number of Topliss-reactive ketones (excluding diaryl/α,β-unsaturated/α-hetero) is 1. The number of aliphatic carboxylic acids is 1. The van der Waals surface area contributed by atoms with Crippen LogP contribution in [0.2, 0.25) is 0 Å². The van der Waals surface area contributed by atoms with E-state index in [0.717, 1.165) is 50.4 Å². The van der Waals surface area contributed by atoms with E-state index in [9.17, 15) is 14.7 Å². The molecule has 0 amide bonds. The van der Waals surface area contributed by atoms with Gasteiger partial charge in [0.15, 0.2) is 0 Å². The highest BCUT2D eigenvalue weighted by molar-refractivity contribution is 6.03. The second-order valence-corrected chi connectivity index (χ2v) is 19.9. The number of carbonyl (C=O) groups is 2. The van der Waals surface area contributed by atoms with Gasteiger partial charge in [-0.1, -0.05) is 291 Å². The number of unbranched alkanes of at least 4 members (excludes halogenated alkanes) is 36. The third-order valence-corrected chi connectivity index (χ3v) is 13.2. The molecule has 0 heterocycles. The third kappa shape index (κ3) is 37.8. The maximum Gasteiger partial charge on any atom is 0.317 e. The predicted octanol–water partition coefficient (Wildman–Crippen LogP) is 19.1. The van der Waals surface area contributed by atoms with Gasteiger partial charge in [0, 0.05) is 6.42 Å². The van der Waals surface area contributed by atoms with Crippen molar-refractivity contribution in [1.82, 2.24) is 0 Å². The highest BCUT2D eigenvalue weighted by Gasteiger charge is 2.43. The third-order valence-electron chi connectivity index (χ3n) is 13.2. The zero-order valence-electron chi connectivity index (χ0n) is 40.0. The van der Waals surface area contributed by atoms with Crippen LogP contribution in [0.25, 0.3) is 0 Å². The van der Waals surface area contributed by atoms with E-state index in [1.54, 1.807) is 0 Å². The van der Waals surface area contributed by atoms with E-state index in [1.807, 2.05) is 0 Å². The molecule has 0 aromatic rings. The Hall–Kier alpha value is -0.860. The summed E-state index contributed by atoms with van der Waals surface area (Å²) < 4.78 is 0. The number of carboxylic acids is 1. The molecule has 1 atom stereocenters. The molecule has 3 heteroatoms. The largest absolute Gasteiger partial charge is 0.480 e. The van der Waals surface area contributed by atoms with Crippen LogP contribution in [0, 0.1) is 17.3 Å². The van der Waals surface area contributed by atoms with Gasteiger partial charge in [-0.15, -0.1) is 0 Å². The van der Waals surface area contributed by atoms with E-state index in [0.29, 0.717) is 19.3 Å². The van der Waals surface area contributed by atoms with E-state index < -0.39 is 11.4 Å². The molecule has 57 heavy (non-hydrogen) atoms. The fourth-order valence-corrected chi connectivity index (χ4v) is 9.13. The van der Waals surface area contributed by atoms with Crippen molar-refractivity contribution in [3.05, 3.63) is 0 Å². The number of ketones is 1. The Morgan fingerprint density at radius 2 is 0.579 bits per heavy atom. The summed E-state index contributed by atoms with van der Waals surface area (Å²) >= 11 is 0. The van der Waals surface area contributed by atoms with Crippen molar-refractivity contribution in [3.8, 4) is 0 Å². The van der Waals surface area contributed by atoms with Gasteiger partial charge in [-0.05, 0) is 31.1 Å². The summed E-state index contributed by atoms with van der Waals surface area (Å²) in [6, 6.07) is 0. The van der Waals surface area contributed by atoms with Gasteiger partial charge in [-0.2, -0.15) is 0 Å². The lowest BCUT2D eigenvalue weighted by Gasteiger charge is -2.28. The minimum atomic E-state index is -1.15. The van der Waals surface area contributed by atoms with Crippen LogP contribution in [0.5, 0.6) is 0 Å². The van der Waals surface area contributed by atoms with Crippen LogP contribution in [0.1, 0.15) is 317 Å². The van der Waals surface area contributed by atoms with Crippen LogP contribution in [0.3, 0.4) is 0 Å². The Bertz CT molecular complexity index is 833. The van der Waals surface area contributed by atoms with Gasteiger partial charge in [0.25, 0.3) is 0 Å². The minimum Gasteiger partial charge on any atom is -0.480 e. The van der Waals surface area contributed by atoms with Gasteiger partial charge >= 0.3 is 5.97 Å². The van der Waals surface area contributed by atoms with Crippen LogP contribution in [-0.4, -0.2) is 16.9 Å². The van der Waals surface area contributed by atoms with Crippen molar-refractivity contribution in [1.29, 1.82) is 0 Å². The number of rotatable bonds is 48. The number of carboxylic acid groups (broad SMARTS) is 1. The first-order chi connectivity index (χ1) is 27.8. The summed E-state index contributed by atoms with van der Waals surface area (Å²) in [5, 5.41) is 10.6. The lowest BCUT2D eigenvalue weighted by atomic mass is 9.73. The maximum absolute atomic E-state index is 13.8. The summed E-state index contributed by atoms with van der Waals surface area (Å²) in [7, 11) is 0. The van der Waals surface area contributed by atoms with Gasteiger partial charge < -0.3 is 5.11 Å². The van der Waals surface area contributed by atoms with Crippen LogP contribution in [0.15, 0.2) is 0 Å². The molecule has 0 aromatic carbocycles. The van der Waals surface area contributed by atoms with Gasteiger partial charge in [-0.25, -0.2) is 0 Å². The monoisotopic (exact) mass is 803 g/mol. The Morgan fingerprint density at radius 1 is 0.351 bits per heavy atom. The summed E-state index contributed by atoms with van der Waals surface area (Å²) in [5.41, 5.74) is -1.15. The van der Waals surface area contributed by atoms with Crippen molar-refractivity contribution < 1.29 is 14.7 Å². The first-order valence-corrected chi connectivity index (χ1v) is 26.5. The molecule has 1 N–H and O–H groups in total. The summed E-state index contributed by atoms with van der Waals surface area (Å²) in [6.45, 7) is 11.6. The lowest BCUT2D eigenvalue weighted by Crippen LogP contribution is -2.39. The van der Waals surface area contributed by atoms with Crippen molar-refractivity contribution in [3.63, 3.8) is 0 Å². The molecule has 1 unspecified atom stereocenters. The fourth-order valence-electron chi connectivity index (χ4n) is 9.13. The van der Waals surface area contributed by atoms with Gasteiger partial charge in [0.1, 0.15) is 11.2 Å². The van der Waals surface area contributed by atoms with E-state index in [1.165, 1.54) is 225 Å². The zero-order valence-corrected chi connectivity index (χ0v) is 40.0. The molecule has 0 aliphatic heterocycles. The second kappa shape index (κ2) is 43.2. The Morgan fingerprint density at radius 3 is 0.825 bits per heavy atom. The minimum absolute atomic E-state index is 0.0398. The topological polar surface area (TPSA) is 54.4 Å². The summed E-state index contributed by atoms with van der Waals surface area (Å²) in [4.78, 5) is 26.8. The standard InChI is InChI=1S/C54H106O3/c1-6-7-8-9-10-11-12-13-18-23-28-33-38-43-48-54(53(56)57,49-44-39-34-29-24-19-14-15-20-25-30-35-40-45-50(2)3)52(55)47-42-37-32-27-22-17-16-21-26-31-36-41-46-51(4)5/h50-51H,6-49H2,1-5H3,(H,56,57). The molecule has 0 spiro atoms. The van der Waals surface area contributed by atoms with Gasteiger partial charge in [-0.3, -0.25) is 9.59 Å². The molecular formula is C54H106O3. The average Bonchev–Trinajstić information content (AvgIpc) is 3.18. The van der Waals surface area contributed by atoms with E-state index >= 15 is 0 Å². The maximum atomic E-state index is 13.8. The van der Waals surface area contributed by atoms with E-state index in [2.05, 4.69) is 34.6 Å². The molecule has 0 aromatic heterocycles. The van der Waals surface area contributed by atoms with E-state index in [4.69, 9.17) is 0 Å². The molecule has 0 saturated carbocycles. The molecule has 0 bridgehead atoms. The van der Waals surface area contributed by atoms with Crippen LogP contribution in [0.4, 0.5) is 0 Å².